The van der Waals surface area contributed by atoms with Crippen LogP contribution >= 0.6 is 23.2 Å². The van der Waals surface area contributed by atoms with Gasteiger partial charge < -0.3 is 15.2 Å². The molecular weight excluding hydrogens is 467 g/mol. The average molecular weight is 481 g/mol. The SMILES string of the molecule is N#C/C(=C\c1ccc(OC(=O)c2ccc(Cl)cc2Cl)cc1)C(=O)Nc1ccccc1C(=O)O. The van der Waals surface area contributed by atoms with Crippen LogP contribution < -0.4 is 10.1 Å². The molecule has 1 amide bonds. The lowest BCUT2D eigenvalue weighted by Gasteiger charge is -2.08. The number of hydrogen-bond acceptors (Lipinski definition) is 5. The Balaban J connectivity index is 1.73. The third-order valence-electron chi connectivity index (χ3n) is 4.32. The number of carboxylic acids is 1. The summed E-state index contributed by atoms with van der Waals surface area (Å²) in [5.74, 6) is -2.42. The lowest BCUT2D eigenvalue weighted by atomic mass is 10.1. The van der Waals surface area contributed by atoms with Gasteiger partial charge in [-0.2, -0.15) is 5.26 Å². The number of anilines is 1. The zero-order valence-corrected chi connectivity index (χ0v) is 18.2. The molecule has 0 spiro atoms. The number of nitrogens with zero attached hydrogens (tertiary/aromatic N) is 1. The van der Waals surface area contributed by atoms with Gasteiger partial charge >= 0.3 is 11.9 Å². The minimum absolute atomic E-state index is 0.0688. The molecule has 7 nitrogen and oxygen atoms in total. The fourth-order valence-electron chi connectivity index (χ4n) is 2.73. The second-order valence-corrected chi connectivity index (χ2v) is 7.40. The molecule has 0 aliphatic heterocycles. The number of aromatic carboxylic acids is 1. The maximum Gasteiger partial charge on any atom is 0.345 e. The van der Waals surface area contributed by atoms with E-state index in [9.17, 15) is 24.8 Å². The largest absolute Gasteiger partial charge is 0.478 e. The molecule has 0 saturated heterocycles. The quantitative estimate of drug-likeness (QED) is 0.209. The summed E-state index contributed by atoms with van der Waals surface area (Å²) in [4.78, 5) is 36.0. The van der Waals surface area contributed by atoms with Crippen LogP contribution in [0.25, 0.3) is 6.08 Å². The standard InChI is InChI=1S/C24H14Cl2N2O5/c25-16-7-10-18(20(26)12-16)24(32)33-17-8-5-14(6-9-17)11-15(13-27)22(29)28-21-4-2-1-3-19(21)23(30)31/h1-12H,(H,28,29)(H,30,31)/b15-11+. The highest BCUT2D eigenvalue weighted by Gasteiger charge is 2.16. The second kappa shape index (κ2) is 10.5. The highest BCUT2D eigenvalue weighted by molar-refractivity contribution is 6.36. The van der Waals surface area contributed by atoms with Crippen LogP contribution in [-0.4, -0.2) is 23.0 Å². The lowest BCUT2D eigenvalue weighted by Crippen LogP contribution is -2.16. The van der Waals surface area contributed by atoms with Crippen LogP contribution in [0.4, 0.5) is 5.69 Å². The first kappa shape index (κ1) is 23.5. The van der Waals surface area contributed by atoms with Crippen molar-refractivity contribution in [2.24, 2.45) is 0 Å². The first-order valence-corrected chi connectivity index (χ1v) is 10.1. The van der Waals surface area contributed by atoms with E-state index in [1.54, 1.807) is 24.3 Å². The molecule has 3 aromatic rings. The van der Waals surface area contributed by atoms with E-state index in [-0.39, 0.29) is 33.2 Å². The molecular formula is C24H14Cl2N2O5. The van der Waals surface area contributed by atoms with Gasteiger partial charge in [-0.3, -0.25) is 4.79 Å². The number of carbonyl (C=O) groups is 3. The van der Waals surface area contributed by atoms with Crippen molar-refractivity contribution in [3.8, 4) is 11.8 Å². The number of hydrogen-bond donors (Lipinski definition) is 2. The van der Waals surface area contributed by atoms with Crippen molar-refractivity contribution >= 4 is 52.8 Å². The van der Waals surface area contributed by atoms with E-state index in [1.165, 1.54) is 54.6 Å². The number of benzene rings is 3. The smallest absolute Gasteiger partial charge is 0.345 e. The minimum Gasteiger partial charge on any atom is -0.478 e. The van der Waals surface area contributed by atoms with Gasteiger partial charge in [0.25, 0.3) is 5.91 Å². The molecule has 0 unspecified atom stereocenters. The van der Waals surface area contributed by atoms with Crippen LogP contribution in [0.3, 0.4) is 0 Å². The van der Waals surface area contributed by atoms with Crippen molar-refractivity contribution < 1.29 is 24.2 Å². The Morgan fingerprint density at radius 1 is 0.970 bits per heavy atom. The molecule has 0 atom stereocenters. The van der Waals surface area contributed by atoms with E-state index in [0.717, 1.165) is 0 Å². The number of nitriles is 1. The summed E-state index contributed by atoms with van der Waals surface area (Å²) >= 11 is 11.8. The van der Waals surface area contributed by atoms with Gasteiger partial charge in [-0.25, -0.2) is 9.59 Å². The van der Waals surface area contributed by atoms with Gasteiger partial charge in [0.05, 0.1) is 21.8 Å². The molecule has 0 radical (unpaired) electrons. The average Bonchev–Trinajstić information content (AvgIpc) is 2.78. The van der Waals surface area contributed by atoms with Crippen molar-refractivity contribution in [2.75, 3.05) is 5.32 Å². The Morgan fingerprint density at radius 2 is 1.67 bits per heavy atom. The molecule has 0 heterocycles. The van der Waals surface area contributed by atoms with Crippen molar-refractivity contribution in [1.82, 2.24) is 0 Å². The highest BCUT2D eigenvalue weighted by atomic mass is 35.5. The van der Waals surface area contributed by atoms with Crippen molar-refractivity contribution in [3.63, 3.8) is 0 Å². The molecule has 164 valence electrons. The van der Waals surface area contributed by atoms with Crippen LogP contribution in [0.15, 0.2) is 72.3 Å². The first-order valence-electron chi connectivity index (χ1n) is 9.31. The molecule has 0 aromatic heterocycles. The van der Waals surface area contributed by atoms with Gasteiger partial charge in [0.1, 0.15) is 17.4 Å². The maximum absolute atomic E-state index is 12.5. The summed E-state index contributed by atoms with van der Waals surface area (Å²) in [5.41, 5.74) is 0.356. The molecule has 33 heavy (non-hydrogen) atoms. The lowest BCUT2D eigenvalue weighted by molar-refractivity contribution is -0.112. The highest BCUT2D eigenvalue weighted by Crippen LogP contribution is 2.23. The van der Waals surface area contributed by atoms with E-state index < -0.39 is 17.8 Å². The van der Waals surface area contributed by atoms with Crippen LogP contribution in [0.1, 0.15) is 26.3 Å². The number of amides is 1. The zero-order chi connectivity index (χ0) is 24.0. The fourth-order valence-corrected chi connectivity index (χ4v) is 3.22. The van der Waals surface area contributed by atoms with E-state index in [0.29, 0.717) is 10.6 Å². The Labute approximate surface area is 198 Å². The molecule has 2 N–H and O–H groups in total. The summed E-state index contributed by atoms with van der Waals surface area (Å²) in [6.07, 6.45) is 1.32. The van der Waals surface area contributed by atoms with E-state index >= 15 is 0 Å². The number of ether oxygens (including phenoxy) is 1. The molecule has 0 bridgehead atoms. The Morgan fingerprint density at radius 3 is 2.30 bits per heavy atom. The summed E-state index contributed by atoms with van der Waals surface area (Å²) in [6.45, 7) is 0. The van der Waals surface area contributed by atoms with Crippen LogP contribution in [-0.2, 0) is 4.79 Å². The van der Waals surface area contributed by atoms with Crippen LogP contribution in [0, 0.1) is 11.3 Å². The summed E-state index contributed by atoms with van der Waals surface area (Å²) in [7, 11) is 0. The number of carboxylic acid groups (broad SMARTS) is 1. The van der Waals surface area contributed by atoms with Crippen molar-refractivity contribution in [1.29, 1.82) is 5.26 Å². The number of rotatable bonds is 6. The first-order chi connectivity index (χ1) is 15.8. The maximum atomic E-state index is 12.5. The summed E-state index contributed by atoms with van der Waals surface area (Å²) < 4.78 is 5.28. The third-order valence-corrected chi connectivity index (χ3v) is 4.87. The summed E-state index contributed by atoms with van der Waals surface area (Å²) in [5, 5.41) is 21.6. The van der Waals surface area contributed by atoms with Gasteiger partial charge in [-0.05, 0) is 54.1 Å². The van der Waals surface area contributed by atoms with Gasteiger partial charge in [0.15, 0.2) is 0 Å². The van der Waals surface area contributed by atoms with Gasteiger partial charge in [0, 0.05) is 5.02 Å². The third kappa shape index (κ3) is 5.98. The molecule has 0 fully saturated rings. The Bertz CT molecular complexity index is 1310. The number of para-hydroxylation sites is 1. The molecule has 3 aromatic carbocycles. The molecule has 9 heteroatoms. The molecule has 0 saturated carbocycles. The number of esters is 1. The Kier molecular flexibility index (Phi) is 7.46. The second-order valence-electron chi connectivity index (χ2n) is 6.56. The van der Waals surface area contributed by atoms with E-state index in [4.69, 9.17) is 27.9 Å². The zero-order valence-electron chi connectivity index (χ0n) is 16.7. The Hall–Kier alpha value is -4.12. The molecule has 3 rings (SSSR count). The predicted molar refractivity (Wildman–Crippen MR) is 123 cm³/mol. The molecule has 0 aliphatic carbocycles. The predicted octanol–water partition coefficient (Wildman–Crippen LogP) is 5.46. The summed E-state index contributed by atoms with van der Waals surface area (Å²) in [6, 6.07) is 18.1. The minimum atomic E-state index is -1.21. The monoisotopic (exact) mass is 480 g/mol. The number of halogens is 2. The van der Waals surface area contributed by atoms with Crippen molar-refractivity contribution in [2.45, 2.75) is 0 Å². The van der Waals surface area contributed by atoms with E-state index in [1.807, 2.05) is 0 Å². The fraction of sp³-hybridized carbons (Fsp3) is 0. The van der Waals surface area contributed by atoms with Gasteiger partial charge in [-0.15, -0.1) is 0 Å². The number of nitrogens with one attached hydrogen (secondary N) is 1. The number of carbonyl (C=O) groups excluding carboxylic acids is 2. The normalized spacial score (nSPS) is 10.8. The van der Waals surface area contributed by atoms with Crippen LogP contribution in [0.5, 0.6) is 5.75 Å². The van der Waals surface area contributed by atoms with E-state index in [2.05, 4.69) is 5.32 Å². The van der Waals surface area contributed by atoms with Gasteiger partial charge in [-0.1, -0.05) is 47.5 Å². The molecule has 0 aliphatic rings. The van der Waals surface area contributed by atoms with Crippen molar-refractivity contribution in [3.05, 3.63) is 99.0 Å². The van der Waals surface area contributed by atoms with Gasteiger partial charge in [0.2, 0.25) is 0 Å². The van der Waals surface area contributed by atoms with Crippen LogP contribution in [0.2, 0.25) is 10.0 Å². The topological polar surface area (TPSA) is 116 Å².